The van der Waals surface area contributed by atoms with E-state index in [0.717, 1.165) is 11.3 Å². The lowest BCUT2D eigenvalue weighted by Gasteiger charge is -1.94. The Morgan fingerprint density at radius 2 is 2.21 bits per heavy atom. The van der Waals surface area contributed by atoms with Gasteiger partial charge in [0, 0.05) is 0 Å². The summed E-state index contributed by atoms with van der Waals surface area (Å²) in [6.07, 6.45) is 0. The van der Waals surface area contributed by atoms with Gasteiger partial charge in [-0.25, -0.2) is 4.79 Å². The summed E-state index contributed by atoms with van der Waals surface area (Å²) in [6.45, 7) is 1.47. The number of esters is 1. The van der Waals surface area contributed by atoms with E-state index in [9.17, 15) is 14.9 Å². The summed E-state index contributed by atoms with van der Waals surface area (Å²) in [4.78, 5) is 21.2. The normalized spacial score (nSPS) is 9.93. The first-order chi connectivity index (χ1) is 6.49. The number of carbonyl (C=O) groups excluding carboxylic acids is 1. The van der Waals surface area contributed by atoms with Crippen LogP contribution in [0.3, 0.4) is 0 Å². The van der Waals surface area contributed by atoms with Gasteiger partial charge in [-0.1, -0.05) is 11.6 Å². The molecule has 1 aromatic rings. The van der Waals surface area contributed by atoms with Gasteiger partial charge in [0.15, 0.2) is 4.34 Å². The van der Waals surface area contributed by atoms with Gasteiger partial charge in [-0.15, -0.1) is 11.3 Å². The van der Waals surface area contributed by atoms with Gasteiger partial charge in [0.05, 0.1) is 17.6 Å². The van der Waals surface area contributed by atoms with Crippen molar-refractivity contribution in [1.82, 2.24) is 0 Å². The Morgan fingerprint density at radius 3 is 2.57 bits per heavy atom. The highest BCUT2D eigenvalue weighted by molar-refractivity contribution is 7.18. The Morgan fingerprint density at radius 1 is 1.64 bits per heavy atom. The number of rotatable bonds is 2. The first-order valence-corrected chi connectivity index (χ1v) is 4.70. The molecule has 0 bridgehead atoms. The van der Waals surface area contributed by atoms with Crippen molar-refractivity contribution in [1.29, 1.82) is 0 Å². The number of carbonyl (C=O) groups is 1. The average Bonchev–Trinajstić information content (AvgIpc) is 2.40. The predicted molar refractivity (Wildman–Crippen MR) is 52.1 cm³/mol. The molecule has 0 radical (unpaired) electrons. The van der Waals surface area contributed by atoms with Crippen LogP contribution in [0.2, 0.25) is 4.34 Å². The molecule has 1 rings (SSSR count). The topological polar surface area (TPSA) is 69.4 Å². The molecule has 0 N–H and O–H groups in total. The maximum absolute atomic E-state index is 11.1. The van der Waals surface area contributed by atoms with Gasteiger partial charge < -0.3 is 4.74 Å². The van der Waals surface area contributed by atoms with Gasteiger partial charge in [0.1, 0.15) is 4.88 Å². The van der Waals surface area contributed by atoms with Crippen molar-refractivity contribution in [3.05, 3.63) is 24.9 Å². The lowest BCUT2D eigenvalue weighted by molar-refractivity contribution is -0.384. The number of thiophene rings is 1. The maximum Gasteiger partial charge on any atom is 0.348 e. The quantitative estimate of drug-likeness (QED) is 0.448. The van der Waals surface area contributed by atoms with E-state index in [-0.39, 0.29) is 20.5 Å². The van der Waals surface area contributed by atoms with Gasteiger partial charge in [0.2, 0.25) is 0 Å². The molecule has 7 heteroatoms. The number of methoxy groups -OCH3 is 1. The van der Waals surface area contributed by atoms with Gasteiger partial charge in [-0.05, 0) is 6.92 Å². The van der Waals surface area contributed by atoms with Gasteiger partial charge >= 0.3 is 11.7 Å². The Kier molecular flexibility index (Phi) is 3.07. The third-order valence-electron chi connectivity index (χ3n) is 1.63. The summed E-state index contributed by atoms with van der Waals surface area (Å²) in [5.41, 5.74) is 0.0221. The Balaban J connectivity index is 3.30. The molecule has 0 atom stereocenters. The molecule has 0 spiro atoms. The monoisotopic (exact) mass is 235 g/mol. The van der Waals surface area contributed by atoms with Crippen molar-refractivity contribution >= 4 is 34.6 Å². The van der Waals surface area contributed by atoms with E-state index in [2.05, 4.69) is 4.74 Å². The van der Waals surface area contributed by atoms with E-state index in [1.54, 1.807) is 0 Å². The molecule has 0 amide bonds. The van der Waals surface area contributed by atoms with Crippen LogP contribution >= 0.6 is 22.9 Å². The molecule has 0 aliphatic heterocycles. The minimum atomic E-state index is -0.611. The molecule has 76 valence electrons. The highest BCUT2D eigenvalue weighted by atomic mass is 35.5. The van der Waals surface area contributed by atoms with E-state index in [0.29, 0.717) is 0 Å². The van der Waals surface area contributed by atoms with E-state index in [1.165, 1.54) is 14.0 Å². The molecule has 1 aromatic heterocycles. The number of nitro groups is 1. The highest BCUT2D eigenvalue weighted by Crippen LogP contribution is 2.38. The van der Waals surface area contributed by atoms with Gasteiger partial charge in [-0.2, -0.15) is 0 Å². The maximum atomic E-state index is 11.1. The first-order valence-electron chi connectivity index (χ1n) is 3.50. The molecule has 0 fully saturated rings. The minimum Gasteiger partial charge on any atom is -0.465 e. The standard InChI is InChI=1S/C7H6ClNO4S/c1-3-4(9(11)12)6(8)14-5(3)7(10)13-2/h1-2H3. The van der Waals surface area contributed by atoms with Crippen LogP contribution in [0.1, 0.15) is 15.2 Å². The largest absolute Gasteiger partial charge is 0.465 e. The van der Waals surface area contributed by atoms with Gasteiger partial charge in [0.25, 0.3) is 0 Å². The number of hydrogen-bond donors (Lipinski definition) is 0. The van der Waals surface area contributed by atoms with Crippen molar-refractivity contribution in [2.75, 3.05) is 7.11 Å². The zero-order chi connectivity index (χ0) is 10.9. The highest BCUT2D eigenvalue weighted by Gasteiger charge is 2.27. The average molecular weight is 236 g/mol. The van der Waals surface area contributed by atoms with E-state index in [1.807, 2.05) is 0 Å². The molecule has 0 aliphatic rings. The lowest BCUT2D eigenvalue weighted by atomic mass is 10.2. The summed E-state index contributed by atoms with van der Waals surface area (Å²) >= 11 is 6.47. The van der Waals surface area contributed by atoms with Crippen molar-refractivity contribution < 1.29 is 14.5 Å². The van der Waals surface area contributed by atoms with Crippen LogP contribution in [-0.2, 0) is 4.74 Å². The lowest BCUT2D eigenvalue weighted by Crippen LogP contribution is -2.00. The molecule has 0 unspecified atom stereocenters. The zero-order valence-corrected chi connectivity index (χ0v) is 8.94. The van der Waals surface area contributed by atoms with Crippen LogP contribution in [0.4, 0.5) is 5.69 Å². The molecule has 14 heavy (non-hydrogen) atoms. The molecular formula is C7H6ClNO4S. The SMILES string of the molecule is COC(=O)c1sc(Cl)c([N+](=O)[O-])c1C. The summed E-state index contributed by atoms with van der Waals surface area (Å²) in [5, 5.41) is 10.5. The van der Waals surface area contributed by atoms with Crippen molar-refractivity contribution in [3.63, 3.8) is 0 Å². The fourth-order valence-electron chi connectivity index (χ4n) is 0.966. The molecular weight excluding hydrogens is 230 g/mol. The third-order valence-corrected chi connectivity index (χ3v) is 3.09. The smallest absolute Gasteiger partial charge is 0.348 e. The van der Waals surface area contributed by atoms with Gasteiger partial charge in [-0.3, -0.25) is 10.1 Å². The fraction of sp³-hybridized carbons (Fsp3) is 0.286. The fourth-order valence-corrected chi connectivity index (χ4v) is 2.33. The molecule has 0 saturated carbocycles. The Labute approximate surface area is 88.4 Å². The van der Waals surface area contributed by atoms with Crippen LogP contribution in [0.15, 0.2) is 0 Å². The Bertz CT molecular complexity index is 401. The summed E-state index contributed by atoms with van der Waals surface area (Å²) in [5.74, 6) is -0.609. The van der Waals surface area contributed by atoms with Crippen LogP contribution in [-0.4, -0.2) is 18.0 Å². The van der Waals surface area contributed by atoms with Crippen molar-refractivity contribution in [2.45, 2.75) is 6.92 Å². The minimum absolute atomic E-state index is 0.00657. The van der Waals surface area contributed by atoms with Crippen LogP contribution in [0.5, 0.6) is 0 Å². The second-order valence-electron chi connectivity index (χ2n) is 2.43. The summed E-state index contributed by atoms with van der Waals surface area (Å²) in [6, 6.07) is 0. The number of hydrogen-bond acceptors (Lipinski definition) is 5. The van der Waals surface area contributed by atoms with E-state index >= 15 is 0 Å². The number of halogens is 1. The van der Waals surface area contributed by atoms with E-state index < -0.39 is 10.9 Å². The van der Waals surface area contributed by atoms with Crippen LogP contribution < -0.4 is 0 Å². The van der Waals surface area contributed by atoms with Crippen molar-refractivity contribution in [2.24, 2.45) is 0 Å². The van der Waals surface area contributed by atoms with Crippen LogP contribution in [0, 0.1) is 17.0 Å². The Hall–Kier alpha value is -1.14. The molecule has 0 aliphatic carbocycles. The number of nitrogens with zero attached hydrogens (tertiary/aromatic N) is 1. The van der Waals surface area contributed by atoms with Crippen molar-refractivity contribution in [3.8, 4) is 0 Å². The molecule has 0 aromatic carbocycles. The first kappa shape index (κ1) is 10.9. The zero-order valence-electron chi connectivity index (χ0n) is 7.37. The number of ether oxygens (including phenoxy) is 1. The van der Waals surface area contributed by atoms with Crippen LogP contribution in [0.25, 0.3) is 0 Å². The predicted octanol–water partition coefficient (Wildman–Crippen LogP) is 2.40. The second kappa shape index (κ2) is 3.93. The summed E-state index contributed by atoms with van der Waals surface area (Å²) in [7, 11) is 1.21. The molecule has 5 nitrogen and oxygen atoms in total. The molecule has 1 heterocycles. The summed E-state index contributed by atoms with van der Waals surface area (Å²) < 4.78 is 4.45. The second-order valence-corrected chi connectivity index (χ2v) is 4.05. The third kappa shape index (κ3) is 1.71. The van der Waals surface area contributed by atoms with E-state index in [4.69, 9.17) is 11.6 Å². The molecule has 0 saturated heterocycles.